The monoisotopic (exact) mass is 405 g/mol. The average molecular weight is 405 g/mol. The molecule has 0 saturated carbocycles. The van der Waals surface area contributed by atoms with E-state index in [1.807, 2.05) is 30.0 Å². The quantitative estimate of drug-likeness (QED) is 0.744. The van der Waals surface area contributed by atoms with Gasteiger partial charge in [0, 0.05) is 51.3 Å². The van der Waals surface area contributed by atoms with E-state index in [4.69, 9.17) is 18.9 Å². The number of morpholine rings is 1. The van der Waals surface area contributed by atoms with Crippen molar-refractivity contribution in [1.82, 2.24) is 15.1 Å². The van der Waals surface area contributed by atoms with Crippen molar-refractivity contribution in [1.29, 1.82) is 0 Å². The molecule has 2 saturated heterocycles. The number of amides is 2. The fraction of sp³-hybridized carbons (Fsp3) is 0.667. The highest BCUT2D eigenvalue weighted by molar-refractivity contribution is 5.74. The molecule has 2 fully saturated rings. The predicted molar refractivity (Wildman–Crippen MR) is 107 cm³/mol. The van der Waals surface area contributed by atoms with Crippen LogP contribution >= 0.6 is 0 Å². The maximum absolute atomic E-state index is 12.9. The van der Waals surface area contributed by atoms with Gasteiger partial charge in [0.1, 0.15) is 0 Å². The second-order valence-corrected chi connectivity index (χ2v) is 7.73. The Morgan fingerprint density at radius 2 is 2.03 bits per heavy atom. The summed E-state index contributed by atoms with van der Waals surface area (Å²) in [5, 5.41) is 3.17. The lowest BCUT2D eigenvalue weighted by molar-refractivity contribution is 0.00186. The molecule has 0 radical (unpaired) electrons. The van der Waals surface area contributed by atoms with Gasteiger partial charge in [-0.05, 0) is 31.0 Å². The first-order valence-corrected chi connectivity index (χ1v) is 10.6. The molecule has 1 N–H and O–H groups in total. The molecule has 1 aromatic rings. The van der Waals surface area contributed by atoms with Crippen LogP contribution in [0.2, 0.25) is 0 Å². The zero-order valence-electron chi connectivity index (χ0n) is 17.1. The number of rotatable bonds is 7. The number of carbonyl (C=O) groups is 1. The van der Waals surface area contributed by atoms with Crippen LogP contribution in [0.5, 0.6) is 11.5 Å². The molecule has 0 aliphatic carbocycles. The highest BCUT2D eigenvalue weighted by atomic mass is 16.7. The maximum atomic E-state index is 12.9. The Morgan fingerprint density at radius 3 is 2.79 bits per heavy atom. The van der Waals surface area contributed by atoms with E-state index in [1.165, 1.54) is 0 Å². The van der Waals surface area contributed by atoms with Crippen LogP contribution in [0.4, 0.5) is 4.79 Å². The molecule has 29 heavy (non-hydrogen) atoms. The van der Waals surface area contributed by atoms with Crippen molar-refractivity contribution in [2.24, 2.45) is 5.92 Å². The third-order valence-electron chi connectivity index (χ3n) is 5.97. The van der Waals surface area contributed by atoms with Gasteiger partial charge < -0.3 is 29.2 Å². The Hall–Kier alpha value is -2.03. The lowest BCUT2D eigenvalue weighted by Gasteiger charge is -2.37. The highest BCUT2D eigenvalue weighted by Gasteiger charge is 2.32. The number of hydrogen-bond acceptors (Lipinski definition) is 6. The number of carbonyl (C=O) groups excluding carboxylic acids is 1. The van der Waals surface area contributed by atoms with Crippen molar-refractivity contribution >= 4 is 6.03 Å². The SMILES string of the molecule is CCN(Cc1ccc2c(c1)OCO2)C(=O)NC[C@@H]([C@H]1CCOC1)N1CCOCC1. The molecule has 3 aliphatic rings. The minimum absolute atomic E-state index is 0.0395. The normalized spacial score (nSPS) is 22.4. The van der Waals surface area contributed by atoms with Crippen molar-refractivity contribution in [3.05, 3.63) is 23.8 Å². The second-order valence-electron chi connectivity index (χ2n) is 7.73. The summed E-state index contributed by atoms with van der Waals surface area (Å²) in [5.41, 5.74) is 1.03. The van der Waals surface area contributed by atoms with E-state index >= 15 is 0 Å². The van der Waals surface area contributed by atoms with Crippen molar-refractivity contribution in [3.63, 3.8) is 0 Å². The van der Waals surface area contributed by atoms with E-state index < -0.39 is 0 Å². The first kappa shape index (κ1) is 20.3. The van der Waals surface area contributed by atoms with Gasteiger partial charge in [-0.25, -0.2) is 4.79 Å². The van der Waals surface area contributed by atoms with Crippen LogP contribution in [-0.2, 0) is 16.0 Å². The molecule has 0 bridgehead atoms. The van der Waals surface area contributed by atoms with Crippen LogP contribution in [0.15, 0.2) is 18.2 Å². The van der Waals surface area contributed by atoms with Crippen LogP contribution in [0.3, 0.4) is 0 Å². The lowest BCUT2D eigenvalue weighted by atomic mass is 9.97. The van der Waals surface area contributed by atoms with E-state index in [1.54, 1.807) is 0 Å². The number of urea groups is 1. The standard InChI is InChI=1S/C21H31N3O5/c1-2-23(13-16-3-4-19-20(11-16)29-15-28-19)21(25)22-12-18(17-5-8-27-14-17)24-6-9-26-10-7-24/h3-4,11,17-18H,2,5-10,12-15H2,1H3,(H,22,25)/t17-,18-/m0/s1. The molecule has 0 spiro atoms. The van der Waals surface area contributed by atoms with Gasteiger partial charge in [0.05, 0.1) is 19.8 Å². The van der Waals surface area contributed by atoms with Gasteiger partial charge in [-0.3, -0.25) is 4.90 Å². The Morgan fingerprint density at radius 1 is 1.21 bits per heavy atom. The van der Waals surface area contributed by atoms with Gasteiger partial charge in [-0.2, -0.15) is 0 Å². The zero-order chi connectivity index (χ0) is 20.1. The summed E-state index contributed by atoms with van der Waals surface area (Å²) in [7, 11) is 0. The summed E-state index contributed by atoms with van der Waals surface area (Å²) in [4.78, 5) is 17.2. The van der Waals surface area contributed by atoms with Crippen molar-refractivity contribution in [2.45, 2.75) is 25.9 Å². The molecule has 1 aromatic carbocycles. The Bertz CT molecular complexity index is 689. The van der Waals surface area contributed by atoms with Gasteiger partial charge in [0.15, 0.2) is 11.5 Å². The van der Waals surface area contributed by atoms with Crippen molar-refractivity contribution < 1.29 is 23.7 Å². The third kappa shape index (κ3) is 4.94. The van der Waals surface area contributed by atoms with E-state index in [9.17, 15) is 4.79 Å². The number of nitrogens with one attached hydrogen (secondary N) is 1. The summed E-state index contributed by atoms with van der Waals surface area (Å²) >= 11 is 0. The molecular formula is C21H31N3O5. The van der Waals surface area contributed by atoms with E-state index in [0.717, 1.165) is 63.0 Å². The van der Waals surface area contributed by atoms with Gasteiger partial charge in [-0.1, -0.05) is 6.07 Å². The lowest BCUT2D eigenvalue weighted by Crippen LogP contribution is -2.53. The van der Waals surface area contributed by atoms with Crippen LogP contribution < -0.4 is 14.8 Å². The summed E-state index contributed by atoms with van der Waals surface area (Å²) in [6.45, 7) is 8.95. The van der Waals surface area contributed by atoms with E-state index in [-0.39, 0.29) is 18.9 Å². The third-order valence-corrected chi connectivity index (χ3v) is 5.97. The van der Waals surface area contributed by atoms with Gasteiger partial charge in [0.2, 0.25) is 6.79 Å². The Labute approximate surface area is 172 Å². The van der Waals surface area contributed by atoms with E-state index in [2.05, 4.69) is 10.2 Å². The smallest absolute Gasteiger partial charge is 0.317 e. The van der Waals surface area contributed by atoms with Crippen LogP contribution in [0.1, 0.15) is 18.9 Å². The molecule has 3 aliphatic heterocycles. The second kappa shape index (κ2) is 9.65. The number of hydrogen-bond donors (Lipinski definition) is 1. The molecule has 3 heterocycles. The molecule has 4 rings (SSSR count). The topological polar surface area (TPSA) is 72.5 Å². The minimum Gasteiger partial charge on any atom is -0.454 e. The summed E-state index contributed by atoms with van der Waals surface area (Å²) in [5.74, 6) is 1.96. The summed E-state index contributed by atoms with van der Waals surface area (Å²) in [6.07, 6.45) is 1.05. The summed E-state index contributed by atoms with van der Waals surface area (Å²) < 4.78 is 21.9. The Kier molecular flexibility index (Phi) is 6.74. The summed E-state index contributed by atoms with van der Waals surface area (Å²) in [6, 6.07) is 6.08. The number of fused-ring (bicyclic) bond motifs is 1. The molecule has 8 nitrogen and oxygen atoms in total. The zero-order valence-corrected chi connectivity index (χ0v) is 17.1. The van der Waals surface area contributed by atoms with Gasteiger partial charge in [0.25, 0.3) is 0 Å². The number of ether oxygens (including phenoxy) is 4. The van der Waals surface area contributed by atoms with Crippen LogP contribution in [0, 0.1) is 5.92 Å². The van der Waals surface area contributed by atoms with E-state index in [0.29, 0.717) is 25.6 Å². The van der Waals surface area contributed by atoms with Crippen LogP contribution in [-0.4, -0.2) is 81.3 Å². The van der Waals surface area contributed by atoms with Crippen LogP contribution in [0.25, 0.3) is 0 Å². The van der Waals surface area contributed by atoms with Crippen molar-refractivity contribution in [3.8, 4) is 11.5 Å². The molecule has 0 aromatic heterocycles. The molecule has 8 heteroatoms. The van der Waals surface area contributed by atoms with Gasteiger partial charge >= 0.3 is 6.03 Å². The number of benzene rings is 1. The molecule has 160 valence electrons. The molecule has 0 unspecified atom stereocenters. The minimum atomic E-state index is -0.0395. The molecular weight excluding hydrogens is 374 g/mol. The first-order chi connectivity index (χ1) is 14.2. The maximum Gasteiger partial charge on any atom is 0.317 e. The Balaban J connectivity index is 1.35. The predicted octanol–water partition coefficient (Wildman–Crippen LogP) is 1.68. The fourth-order valence-corrected chi connectivity index (χ4v) is 4.25. The van der Waals surface area contributed by atoms with Crippen molar-refractivity contribution in [2.75, 3.05) is 59.4 Å². The van der Waals surface area contributed by atoms with Gasteiger partial charge in [-0.15, -0.1) is 0 Å². The molecule has 2 amide bonds. The molecule has 2 atom stereocenters. The fourth-order valence-electron chi connectivity index (χ4n) is 4.25. The first-order valence-electron chi connectivity index (χ1n) is 10.6. The highest BCUT2D eigenvalue weighted by Crippen LogP contribution is 2.32. The largest absolute Gasteiger partial charge is 0.454 e. The average Bonchev–Trinajstić information content (AvgIpc) is 3.44. The number of nitrogens with zero attached hydrogens (tertiary/aromatic N) is 2.